The van der Waals surface area contributed by atoms with Gasteiger partial charge in [-0.2, -0.15) is 23.3 Å². The number of hydrogen-bond acceptors (Lipinski definition) is 7. The summed E-state index contributed by atoms with van der Waals surface area (Å²) in [5.74, 6) is 0.926. The minimum atomic E-state index is -4.49. The third kappa shape index (κ3) is 3.71. The maximum atomic E-state index is 12.3. The van der Waals surface area contributed by atoms with Gasteiger partial charge in [0.05, 0.1) is 26.0 Å². The third-order valence-electron chi connectivity index (χ3n) is 3.29. The predicted molar refractivity (Wildman–Crippen MR) is 82.0 cm³/mol. The lowest BCUT2D eigenvalue weighted by Gasteiger charge is -2.07. The van der Waals surface area contributed by atoms with Crippen LogP contribution in [0.5, 0.6) is 17.4 Å². The molecule has 138 valence electrons. The zero-order valence-corrected chi connectivity index (χ0v) is 13.6. The average molecular weight is 370 g/mol. The summed E-state index contributed by atoms with van der Waals surface area (Å²) in [6, 6.07) is 4.99. The molecular weight excluding hydrogens is 357 g/mol. The van der Waals surface area contributed by atoms with Crippen LogP contribution in [0, 0.1) is 0 Å². The maximum Gasteiger partial charge on any atom is 0.422 e. The number of alkyl halides is 3. The fraction of sp³-hybridized carbons (Fsp3) is 0.267. The SMILES string of the molecule is COc1ccc(-c2noc(-c3cn[nH]c3OCC(F)(F)F)n2)c(OC)c1. The number of methoxy groups -OCH3 is 2. The first kappa shape index (κ1) is 17.6. The van der Waals surface area contributed by atoms with Crippen molar-refractivity contribution in [2.45, 2.75) is 6.18 Å². The molecule has 0 atom stereocenters. The highest BCUT2D eigenvalue weighted by Crippen LogP contribution is 2.34. The number of rotatable bonds is 6. The molecule has 26 heavy (non-hydrogen) atoms. The van der Waals surface area contributed by atoms with Crippen molar-refractivity contribution in [2.75, 3.05) is 20.8 Å². The van der Waals surface area contributed by atoms with Crippen LogP contribution in [0.2, 0.25) is 0 Å². The number of nitrogens with one attached hydrogen (secondary N) is 1. The molecule has 11 heteroatoms. The third-order valence-corrected chi connectivity index (χ3v) is 3.29. The summed E-state index contributed by atoms with van der Waals surface area (Å²) in [6.07, 6.45) is -3.26. The van der Waals surface area contributed by atoms with Crippen molar-refractivity contribution in [3.05, 3.63) is 24.4 Å². The van der Waals surface area contributed by atoms with Crippen molar-refractivity contribution in [3.63, 3.8) is 0 Å². The van der Waals surface area contributed by atoms with Gasteiger partial charge in [0.15, 0.2) is 6.61 Å². The van der Waals surface area contributed by atoms with Crippen molar-refractivity contribution in [3.8, 4) is 40.2 Å². The average Bonchev–Trinajstić information content (AvgIpc) is 3.27. The molecule has 0 amide bonds. The standard InChI is InChI=1S/C15H13F3N4O4/c1-23-8-3-4-9(11(5-8)24-2)12-20-13(26-22-12)10-6-19-21-14(10)25-7-15(16,17)18/h3-6H,7H2,1-2H3,(H,19,21). The van der Waals surface area contributed by atoms with Crippen LogP contribution in [-0.2, 0) is 0 Å². The molecule has 0 unspecified atom stereocenters. The zero-order valence-electron chi connectivity index (χ0n) is 13.6. The topological polar surface area (TPSA) is 95.3 Å². The highest BCUT2D eigenvalue weighted by Gasteiger charge is 2.30. The first-order chi connectivity index (χ1) is 12.4. The largest absolute Gasteiger partial charge is 0.497 e. The Morgan fingerprint density at radius 2 is 1.96 bits per heavy atom. The van der Waals surface area contributed by atoms with Gasteiger partial charge in [0.1, 0.15) is 17.1 Å². The normalized spacial score (nSPS) is 11.4. The Morgan fingerprint density at radius 3 is 2.65 bits per heavy atom. The Morgan fingerprint density at radius 1 is 1.15 bits per heavy atom. The molecule has 0 saturated heterocycles. The summed E-state index contributed by atoms with van der Waals surface area (Å²) in [4.78, 5) is 4.17. The number of aromatic nitrogens is 4. The summed E-state index contributed by atoms with van der Waals surface area (Å²) >= 11 is 0. The van der Waals surface area contributed by atoms with Crippen molar-refractivity contribution in [1.82, 2.24) is 20.3 Å². The molecule has 3 aromatic rings. The number of ether oxygens (including phenoxy) is 3. The lowest BCUT2D eigenvalue weighted by atomic mass is 10.2. The first-order valence-corrected chi connectivity index (χ1v) is 7.20. The van der Waals surface area contributed by atoms with Gasteiger partial charge in [-0.1, -0.05) is 5.16 Å². The fourth-order valence-corrected chi connectivity index (χ4v) is 2.12. The van der Waals surface area contributed by atoms with E-state index in [0.717, 1.165) is 0 Å². The van der Waals surface area contributed by atoms with Crippen LogP contribution < -0.4 is 14.2 Å². The van der Waals surface area contributed by atoms with Crippen LogP contribution in [-0.4, -0.2) is 47.3 Å². The predicted octanol–water partition coefficient (Wildman–Crippen LogP) is 3.09. The fourth-order valence-electron chi connectivity index (χ4n) is 2.12. The molecule has 1 N–H and O–H groups in total. The molecule has 1 aromatic carbocycles. The minimum Gasteiger partial charge on any atom is -0.497 e. The van der Waals surface area contributed by atoms with E-state index in [1.807, 2.05) is 0 Å². The van der Waals surface area contributed by atoms with Crippen molar-refractivity contribution in [1.29, 1.82) is 0 Å². The minimum absolute atomic E-state index is 0.0520. The smallest absolute Gasteiger partial charge is 0.422 e. The van der Waals surface area contributed by atoms with Gasteiger partial charge >= 0.3 is 6.18 Å². The van der Waals surface area contributed by atoms with Crippen molar-refractivity contribution < 1.29 is 31.9 Å². The molecular formula is C15H13F3N4O4. The number of aromatic amines is 1. The molecule has 0 spiro atoms. The molecule has 0 saturated carbocycles. The van der Waals surface area contributed by atoms with Crippen LogP contribution in [0.25, 0.3) is 22.8 Å². The van der Waals surface area contributed by atoms with Crippen molar-refractivity contribution in [2.24, 2.45) is 0 Å². The lowest BCUT2D eigenvalue weighted by molar-refractivity contribution is -0.154. The van der Waals surface area contributed by atoms with Crippen LogP contribution in [0.3, 0.4) is 0 Å². The second-order valence-corrected chi connectivity index (χ2v) is 5.01. The van der Waals surface area contributed by atoms with E-state index in [4.69, 9.17) is 14.0 Å². The highest BCUT2D eigenvalue weighted by molar-refractivity contribution is 5.68. The lowest BCUT2D eigenvalue weighted by Crippen LogP contribution is -2.19. The van der Waals surface area contributed by atoms with E-state index in [0.29, 0.717) is 17.1 Å². The number of halogens is 3. The number of nitrogens with zero attached hydrogens (tertiary/aromatic N) is 3. The second-order valence-electron chi connectivity index (χ2n) is 5.01. The Balaban J connectivity index is 1.89. The van der Waals surface area contributed by atoms with Gasteiger partial charge in [0, 0.05) is 6.07 Å². The Kier molecular flexibility index (Phi) is 4.69. The van der Waals surface area contributed by atoms with E-state index < -0.39 is 12.8 Å². The van der Waals surface area contributed by atoms with Gasteiger partial charge < -0.3 is 18.7 Å². The summed E-state index contributed by atoms with van der Waals surface area (Å²) in [7, 11) is 2.99. The Hall–Kier alpha value is -3.24. The van der Waals surface area contributed by atoms with E-state index in [1.54, 1.807) is 18.2 Å². The molecule has 2 heterocycles. The summed E-state index contributed by atoms with van der Waals surface area (Å²) in [5.41, 5.74) is 0.630. The van der Waals surface area contributed by atoms with Crippen LogP contribution in [0.1, 0.15) is 0 Å². The molecule has 0 radical (unpaired) electrons. The molecule has 2 aromatic heterocycles. The van der Waals surface area contributed by atoms with Crippen LogP contribution in [0.15, 0.2) is 28.9 Å². The summed E-state index contributed by atoms with van der Waals surface area (Å²) in [6.45, 7) is -1.48. The van der Waals surface area contributed by atoms with Crippen molar-refractivity contribution >= 4 is 0 Å². The monoisotopic (exact) mass is 370 g/mol. The summed E-state index contributed by atoms with van der Waals surface area (Å²) < 4.78 is 57.1. The van der Waals surface area contributed by atoms with Gasteiger partial charge in [-0.05, 0) is 12.1 Å². The molecule has 3 rings (SSSR count). The van der Waals surface area contributed by atoms with Gasteiger partial charge in [0.2, 0.25) is 11.7 Å². The van der Waals surface area contributed by atoms with E-state index >= 15 is 0 Å². The molecule has 0 aliphatic heterocycles. The number of benzene rings is 1. The Labute approximate surface area is 144 Å². The van der Waals surface area contributed by atoms with Crippen LogP contribution >= 0.6 is 0 Å². The highest BCUT2D eigenvalue weighted by atomic mass is 19.4. The molecule has 0 bridgehead atoms. The number of H-pyrrole nitrogens is 1. The maximum absolute atomic E-state index is 12.3. The molecule has 8 nitrogen and oxygen atoms in total. The van der Waals surface area contributed by atoms with E-state index in [-0.39, 0.29) is 23.2 Å². The van der Waals surface area contributed by atoms with Gasteiger partial charge in [-0.25, -0.2) is 5.10 Å². The van der Waals surface area contributed by atoms with E-state index in [1.165, 1.54) is 20.4 Å². The quantitative estimate of drug-likeness (QED) is 0.712. The van der Waals surface area contributed by atoms with Crippen LogP contribution in [0.4, 0.5) is 13.2 Å². The summed E-state index contributed by atoms with van der Waals surface area (Å²) in [5, 5.41) is 9.80. The second kappa shape index (κ2) is 6.94. The van der Waals surface area contributed by atoms with Gasteiger partial charge in [-0.15, -0.1) is 0 Å². The van der Waals surface area contributed by atoms with E-state index in [2.05, 4.69) is 25.1 Å². The molecule has 0 aliphatic carbocycles. The Bertz CT molecular complexity index is 891. The molecule has 0 fully saturated rings. The molecule has 0 aliphatic rings. The zero-order chi connectivity index (χ0) is 18.7. The first-order valence-electron chi connectivity index (χ1n) is 7.20. The number of hydrogen-bond donors (Lipinski definition) is 1. The van der Waals surface area contributed by atoms with E-state index in [9.17, 15) is 13.2 Å². The van der Waals surface area contributed by atoms with Gasteiger partial charge in [0.25, 0.3) is 5.89 Å². The van der Waals surface area contributed by atoms with Gasteiger partial charge in [-0.3, -0.25) is 0 Å².